The highest BCUT2D eigenvalue weighted by Crippen LogP contribution is 2.41. The lowest BCUT2D eigenvalue weighted by Gasteiger charge is -2.13. The van der Waals surface area contributed by atoms with E-state index in [1.54, 1.807) is 6.07 Å². The molecule has 1 atom stereocenters. The molecule has 0 aliphatic carbocycles. The maximum absolute atomic E-state index is 12.6. The molecule has 1 aromatic carbocycles. The normalized spacial score (nSPS) is 16.3. The molecule has 1 aliphatic rings. The molecule has 1 aliphatic heterocycles. The Hall–Kier alpha value is -0.160. The third-order valence-corrected chi connectivity index (χ3v) is 3.65. The predicted octanol–water partition coefficient (Wildman–Crippen LogP) is 4.09. The topological polar surface area (TPSA) is 9.23 Å². The third kappa shape index (κ3) is 2.18. The lowest BCUT2D eigenvalue weighted by Crippen LogP contribution is -2.03. The molecule has 2 rings (SSSR count). The minimum absolute atomic E-state index is 0.520. The maximum Gasteiger partial charge on any atom is 0.255 e. The Balaban J connectivity index is 2.47. The summed E-state index contributed by atoms with van der Waals surface area (Å²) in [5.74, 6) is 0.611. The van der Waals surface area contributed by atoms with Gasteiger partial charge in [-0.05, 0) is 17.7 Å². The molecule has 0 amide bonds. The van der Waals surface area contributed by atoms with Gasteiger partial charge in [0.15, 0.2) is 0 Å². The van der Waals surface area contributed by atoms with E-state index in [4.69, 9.17) is 4.74 Å². The molecule has 0 bridgehead atoms. The highest BCUT2D eigenvalue weighted by molar-refractivity contribution is 9.10. The summed E-state index contributed by atoms with van der Waals surface area (Å²) in [7, 11) is 0. The number of fused-ring (bicyclic) bond motifs is 1. The Labute approximate surface area is 103 Å². The molecule has 1 heterocycles. The number of hydrogen-bond donors (Lipinski definition) is 0. The second kappa shape index (κ2) is 4.37. The zero-order chi connectivity index (χ0) is 11.0. The zero-order valence-electron chi connectivity index (χ0n) is 7.64. The number of alkyl halides is 3. The van der Waals surface area contributed by atoms with Crippen LogP contribution in [-0.2, 0) is 6.42 Å². The first kappa shape index (κ1) is 11.3. The van der Waals surface area contributed by atoms with E-state index in [-0.39, 0.29) is 0 Å². The van der Waals surface area contributed by atoms with Crippen LogP contribution >= 0.6 is 31.9 Å². The van der Waals surface area contributed by atoms with Crippen molar-refractivity contribution in [3.8, 4) is 5.75 Å². The quantitative estimate of drug-likeness (QED) is 0.736. The standard InChI is InChI=1S/C10H8Br2F2O/c11-6-3-5-1-2-15-9(5)7(4-6)8(12)10(13)14/h3-4,8,10H,1-2H2. The van der Waals surface area contributed by atoms with Crippen molar-refractivity contribution < 1.29 is 13.5 Å². The summed E-state index contributed by atoms with van der Waals surface area (Å²) in [4.78, 5) is -0.971. The summed E-state index contributed by atoms with van der Waals surface area (Å²) < 4.78 is 31.4. The van der Waals surface area contributed by atoms with E-state index >= 15 is 0 Å². The summed E-state index contributed by atoms with van der Waals surface area (Å²) in [5.41, 5.74) is 1.51. The van der Waals surface area contributed by atoms with Crippen LogP contribution in [0.2, 0.25) is 0 Å². The van der Waals surface area contributed by atoms with E-state index in [0.717, 1.165) is 16.5 Å². The Morgan fingerprint density at radius 2 is 2.07 bits per heavy atom. The Kier molecular flexibility index (Phi) is 3.30. The molecule has 0 saturated carbocycles. The third-order valence-electron chi connectivity index (χ3n) is 2.30. The molecule has 0 fully saturated rings. The number of ether oxygens (including phenoxy) is 1. The van der Waals surface area contributed by atoms with Gasteiger partial charge < -0.3 is 4.74 Å². The fraction of sp³-hybridized carbons (Fsp3) is 0.400. The van der Waals surface area contributed by atoms with Gasteiger partial charge in [-0.1, -0.05) is 31.9 Å². The van der Waals surface area contributed by atoms with Gasteiger partial charge in [-0.2, -0.15) is 0 Å². The molecule has 0 saturated heterocycles. The van der Waals surface area contributed by atoms with E-state index in [9.17, 15) is 8.78 Å². The zero-order valence-corrected chi connectivity index (χ0v) is 10.8. The van der Waals surface area contributed by atoms with Crippen molar-refractivity contribution in [2.24, 2.45) is 0 Å². The lowest BCUT2D eigenvalue weighted by atomic mass is 10.1. The van der Waals surface area contributed by atoms with Gasteiger partial charge in [0.1, 0.15) is 10.6 Å². The first-order valence-electron chi connectivity index (χ1n) is 4.47. The maximum atomic E-state index is 12.6. The van der Waals surface area contributed by atoms with E-state index in [1.165, 1.54) is 0 Å². The smallest absolute Gasteiger partial charge is 0.255 e. The Bertz CT molecular complexity index is 382. The Morgan fingerprint density at radius 3 is 2.73 bits per heavy atom. The van der Waals surface area contributed by atoms with Crippen molar-refractivity contribution >= 4 is 31.9 Å². The summed E-state index contributed by atoms with van der Waals surface area (Å²) in [6.45, 7) is 0.571. The van der Waals surface area contributed by atoms with Gasteiger partial charge in [-0.25, -0.2) is 8.78 Å². The first-order chi connectivity index (χ1) is 7.09. The number of halogens is 4. The monoisotopic (exact) mass is 340 g/mol. The van der Waals surface area contributed by atoms with Crippen LogP contribution in [0.3, 0.4) is 0 Å². The fourth-order valence-corrected chi connectivity index (χ4v) is 2.50. The second-order valence-electron chi connectivity index (χ2n) is 3.32. The molecule has 0 spiro atoms. The van der Waals surface area contributed by atoms with Gasteiger partial charge >= 0.3 is 0 Å². The highest BCUT2D eigenvalue weighted by atomic mass is 79.9. The second-order valence-corrected chi connectivity index (χ2v) is 5.22. The molecule has 0 N–H and O–H groups in total. The van der Waals surface area contributed by atoms with Crippen molar-refractivity contribution in [2.75, 3.05) is 6.61 Å². The van der Waals surface area contributed by atoms with Crippen molar-refractivity contribution in [3.63, 3.8) is 0 Å². The van der Waals surface area contributed by atoms with Gasteiger partial charge in [0.2, 0.25) is 0 Å². The minimum Gasteiger partial charge on any atom is -0.493 e. The van der Waals surface area contributed by atoms with Crippen molar-refractivity contribution in [3.05, 3.63) is 27.7 Å². The summed E-state index contributed by atoms with van der Waals surface area (Å²) in [6.07, 6.45) is -1.65. The van der Waals surface area contributed by atoms with Gasteiger partial charge in [-0.3, -0.25) is 0 Å². The fourth-order valence-electron chi connectivity index (χ4n) is 1.64. The van der Waals surface area contributed by atoms with Crippen LogP contribution in [0.25, 0.3) is 0 Å². The van der Waals surface area contributed by atoms with Crippen LogP contribution in [-0.4, -0.2) is 13.0 Å². The van der Waals surface area contributed by atoms with Gasteiger partial charge in [0.05, 0.1) is 6.61 Å². The average molecular weight is 342 g/mol. The molecule has 0 aromatic heterocycles. The number of hydrogen-bond acceptors (Lipinski definition) is 1. The van der Waals surface area contributed by atoms with Crippen molar-refractivity contribution in [1.29, 1.82) is 0 Å². The number of rotatable bonds is 2. The molecule has 1 unspecified atom stereocenters. The van der Waals surface area contributed by atoms with Gasteiger partial charge in [-0.15, -0.1) is 0 Å². The van der Waals surface area contributed by atoms with Crippen molar-refractivity contribution in [2.45, 2.75) is 17.7 Å². The van der Waals surface area contributed by atoms with Crippen LogP contribution in [0.4, 0.5) is 8.78 Å². The summed E-state index contributed by atoms with van der Waals surface area (Å²) in [5, 5.41) is 0. The average Bonchev–Trinajstić information content (AvgIpc) is 2.62. The lowest BCUT2D eigenvalue weighted by molar-refractivity contribution is 0.146. The highest BCUT2D eigenvalue weighted by Gasteiger charge is 2.27. The van der Waals surface area contributed by atoms with Crippen LogP contribution in [0.1, 0.15) is 16.0 Å². The van der Waals surface area contributed by atoms with E-state index in [1.807, 2.05) is 6.07 Å². The largest absolute Gasteiger partial charge is 0.493 e. The van der Waals surface area contributed by atoms with E-state index in [2.05, 4.69) is 31.9 Å². The number of benzene rings is 1. The van der Waals surface area contributed by atoms with Crippen LogP contribution < -0.4 is 4.74 Å². The SMILES string of the molecule is FC(F)C(Br)c1cc(Br)cc2c1OCC2. The van der Waals surface area contributed by atoms with Crippen LogP contribution in [0.5, 0.6) is 5.75 Å². The minimum atomic E-state index is -2.44. The van der Waals surface area contributed by atoms with Crippen LogP contribution in [0, 0.1) is 0 Å². The first-order valence-corrected chi connectivity index (χ1v) is 6.18. The predicted molar refractivity (Wildman–Crippen MR) is 61.0 cm³/mol. The molecule has 82 valence electrons. The van der Waals surface area contributed by atoms with E-state index in [0.29, 0.717) is 17.9 Å². The van der Waals surface area contributed by atoms with Crippen molar-refractivity contribution in [1.82, 2.24) is 0 Å². The molecule has 1 nitrogen and oxygen atoms in total. The van der Waals surface area contributed by atoms with Crippen LogP contribution in [0.15, 0.2) is 16.6 Å². The molecule has 1 aromatic rings. The summed E-state index contributed by atoms with van der Waals surface area (Å²) >= 11 is 6.30. The molecule has 0 radical (unpaired) electrons. The summed E-state index contributed by atoms with van der Waals surface area (Å²) in [6, 6.07) is 3.59. The molecular formula is C10H8Br2F2O. The molecule has 15 heavy (non-hydrogen) atoms. The Morgan fingerprint density at radius 1 is 1.33 bits per heavy atom. The molecular weight excluding hydrogens is 334 g/mol. The molecule has 5 heteroatoms. The van der Waals surface area contributed by atoms with E-state index < -0.39 is 11.3 Å². The van der Waals surface area contributed by atoms with Gasteiger partial charge in [0, 0.05) is 16.5 Å². The van der Waals surface area contributed by atoms with Gasteiger partial charge in [0.25, 0.3) is 6.43 Å².